The number of aliphatic carboxylic acids is 1. The van der Waals surface area contributed by atoms with Gasteiger partial charge in [0.15, 0.2) is 0 Å². The SMILES string of the molecule is CC1(C(=O)O)CC=C(c2ccc(O)cc2)CC1. The molecule has 1 aliphatic carbocycles. The maximum absolute atomic E-state index is 11.1. The van der Waals surface area contributed by atoms with Crippen molar-refractivity contribution in [3.63, 3.8) is 0 Å². The third-order valence-corrected chi connectivity index (χ3v) is 3.50. The Morgan fingerprint density at radius 1 is 1.29 bits per heavy atom. The highest BCUT2D eigenvalue weighted by atomic mass is 16.4. The molecule has 1 aromatic rings. The molecule has 1 atom stereocenters. The maximum Gasteiger partial charge on any atom is 0.309 e. The first kappa shape index (κ1) is 11.7. The van der Waals surface area contributed by atoms with Gasteiger partial charge >= 0.3 is 5.97 Å². The second-order valence-electron chi connectivity index (χ2n) is 4.85. The lowest BCUT2D eigenvalue weighted by atomic mass is 9.75. The van der Waals surface area contributed by atoms with Crippen molar-refractivity contribution in [3.05, 3.63) is 35.9 Å². The Bertz CT molecular complexity index is 459. The Labute approximate surface area is 100 Å². The molecule has 0 saturated carbocycles. The van der Waals surface area contributed by atoms with Gasteiger partial charge in [0.1, 0.15) is 5.75 Å². The molecule has 0 aromatic heterocycles. The summed E-state index contributed by atoms with van der Waals surface area (Å²) in [6, 6.07) is 7.04. The van der Waals surface area contributed by atoms with Crippen LogP contribution in [0.4, 0.5) is 0 Å². The van der Waals surface area contributed by atoms with Gasteiger partial charge in [0.05, 0.1) is 5.41 Å². The molecule has 0 heterocycles. The van der Waals surface area contributed by atoms with E-state index in [1.165, 1.54) is 5.57 Å². The fraction of sp³-hybridized carbons (Fsp3) is 0.357. The maximum atomic E-state index is 11.1. The number of carboxylic acids is 1. The third-order valence-electron chi connectivity index (χ3n) is 3.50. The van der Waals surface area contributed by atoms with E-state index in [1.807, 2.05) is 18.2 Å². The quantitative estimate of drug-likeness (QED) is 0.824. The Morgan fingerprint density at radius 3 is 2.41 bits per heavy atom. The number of allylic oxidation sites excluding steroid dienone is 2. The summed E-state index contributed by atoms with van der Waals surface area (Å²) >= 11 is 0. The Balaban J connectivity index is 2.19. The van der Waals surface area contributed by atoms with Gasteiger partial charge in [-0.15, -0.1) is 0 Å². The average molecular weight is 232 g/mol. The number of carbonyl (C=O) groups is 1. The van der Waals surface area contributed by atoms with Crippen LogP contribution in [0.2, 0.25) is 0 Å². The van der Waals surface area contributed by atoms with Crippen LogP contribution < -0.4 is 0 Å². The first-order chi connectivity index (χ1) is 8.01. The zero-order chi connectivity index (χ0) is 12.5. The largest absolute Gasteiger partial charge is 0.508 e. The lowest BCUT2D eigenvalue weighted by molar-refractivity contribution is -0.148. The van der Waals surface area contributed by atoms with Crippen molar-refractivity contribution >= 4 is 11.5 Å². The predicted octanol–water partition coefficient (Wildman–Crippen LogP) is 3.05. The van der Waals surface area contributed by atoms with Crippen LogP contribution in [0.5, 0.6) is 5.75 Å². The third kappa shape index (κ3) is 2.33. The van der Waals surface area contributed by atoms with E-state index in [1.54, 1.807) is 19.1 Å². The highest BCUT2D eigenvalue weighted by Gasteiger charge is 2.34. The summed E-state index contributed by atoms with van der Waals surface area (Å²) in [5, 5.41) is 18.3. The highest BCUT2D eigenvalue weighted by molar-refractivity contribution is 5.77. The molecule has 0 radical (unpaired) electrons. The molecule has 2 N–H and O–H groups in total. The summed E-state index contributed by atoms with van der Waals surface area (Å²) in [6.07, 6.45) is 4.01. The monoisotopic (exact) mass is 232 g/mol. The van der Waals surface area contributed by atoms with Crippen LogP contribution in [0.25, 0.3) is 5.57 Å². The van der Waals surface area contributed by atoms with Crippen molar-refractivity contribution in [1.82, 2.24) is 0 Å². The van der Waals surface area contributed by atoms with Crippen molar-refractivity contribution < 1.29 is 15.0 Å². The molecule has 1 aliphatic rings. The lowest BCUT2D eigenvalue weighted by Crippen LogP contribution is -2.28. The van der Waals surface area contributed by atoms with E-state index in [2.05, 4.69) is 0 Å². The van der Waals surface area contributed by atoms with Crippen LogP contribution in [-0.2, 0) is 4.79 Å². The number of carboxylic acid groups (broad SMARTS) is 1. The van der Waals surface area contributed by atoms with E-state index in [0.29, 0.717) is 12.8 Å². The van der Waals surface area contributed by atoms with Crippen LogP contribution in [0.3, 0.4) is 0 Å². The van der Waals surface area contributed by atoms with Crippen LogP contribution in [0, 0.1) is 5.41 Å². The van der Waals surface area contributed by atoms with E-state index in [9.17, 15) is 9.90 Å². The molecule has 3 heteroatoms. The molecule has 1 aromatic carbocycles. The normalized spacial score (nSPS) is 24.2. The molecule has 0 fully saturated rings. The summed E-state index contributed by atoms with van der Waals surface area (Å²) in [5.41, 5.74) is 1.61. The van der Waals surface area contributed by atoms with Gasteiger partial charge < -0.3 is 10.2 Å². The standard InChI is InChI=1S/C14H16O3/c1-14(13(16)17)8-6-11(7-9-14)10-2-4-12(15)5-3-10/h2-6,15H,7-9H2,1H3,(H,16,17). The van der Waals surface area contributed by atoms with Crippen molar-refractivity contribution in [1.29, 1.82) is 0 Å². The fourth-order valence-electron chi connectivity index (χ4n) is 2.10. The predicted molar refractivity (Wildman–Crippen MR) is 65.7 cm³/mol. The smallest absolute Gasteiger partial charge is 0.309 e. The van der Waals surface area contributed by atoms with E-state index in [-0.39, 0.29) is 5.75 Å². The molecule has 0 bridgehead atoms. The summed E-state index contributed by atoms with van der Waals surface area (Å²) in [6.45, 7) is 1.79. The van der Waals surface area contributed by atoms with Crippen LogP contribution in [0.1, 0.15) is 31.7 Å². The van der Waals surface area contributed by atoms with Gasteiger partial charge in [0.2, 0.25) is 0 Å². The second-order valence-corrected chi connectivity index (χ2v) is 4.85. The minimum absolute atomic E-state index is 0.250. The van der Waals surface area contributed by atoms with Gasteiger partial charge in [0, 0.05) is 0 Å². The van der Waals surface area contributed by atoms with Crippen LogP contribution in [0.15, 0.2) is 30.3 Å². The number of hydrogen-bond acceptors (Lipinski definition) is 2. The van der Waals surface area contributed by atoms with Gasteiger partial charge in [0.25, 0.3) is 0 Å². The number of aromatic hydroxyl groups is 1. The van der Waals surface area contributed by atoms with Gasteiger partial charge in [-0.25, -0.2) is 0 Å². The first-order valence-electron chi connectivity index (χ1n) is 5.73. The lowest BCUT2D eigenvalue weighted by Gasteiger charge is -2.28. The van der Waals surface area contributed by atoms with Crippen molar-refractivity contribution in [2.45, 2.75) is 26.2 Å². The van der Waals surface area contributed by atoms with Gasteiger partial charge in [-0.05, 0) is 49.5 Å². The number of benzene rings is 1. The minimum atomic E-state index is -0.724. The zero-order valence-electron chi connectivity index (χ0n) is 9.81. The van der Waals surface area contributed by atoms with Gasteiger partial charge in [-0.1, -0.05) is 18.2 Å². The molecule has 1 unspecified atom stereocenters. The van der Waals surface area contributed by atoms with Crippen molar-refractivity contribution in [2.75, 3.05) is 0 Å². The molecule has 0 saturated heterocycles. The Kier molecular flexibility index (Phi) is 2.92. The zero-order valence-corrected chi connectivity index (χ0v) is 9.81. The first-order valence-corrected chi connectivity index (χ1v) is 5.73. The summed E-state index contributed by atoms with van der Waals surface area (Å²) in [4.78, 5) is 11.1. The van der Waals surface area contributed by atoms with E-state index in [4.69, 9.17) is 5.11 Å². The van der Waals surface area contributed by atoms with E-state index in [0.717, 1.165) is 12.0 Å². The van der Waals surface area contributed by atoms with E-state index < -0.39 is 11.4 Å². The van der Waals surface area contributed by atoms with Gasteiger partial charge in [-0.3, -0.25) is 4.79 Å². The van der Waals surface area contributed by atoms with Gasteiger partial charge in [-0.2, -0.15) is 0 Å². The second kappa shape index (κ2) is 4.24. The fourth-order valence-corrected chi connectivity index (χ4v) is 2.10. The Morgan fingerprint density at radius 2 is 1.94 bits per heavy atom. The van der Waals surface area contributed by atoms with E-state index >= 15 is 0 Å². The topological polar surface area (TPSA) is 57.5 Å². The number of rotatable bonds is 2. The Hall–Kier alpha value is -1.77. The molecular weight excluding hydrogens is 216 g/mol. The molecule has 0 spiro atoms. The highest BCUT2D eigenvalue weighted by Crippen LogP contribution is 2.38. The summed E-state index contributed by atoms with van der Waals surface area (Å²) < 4.78 is 0. The van der Waals surface area contributed by atoms with Crippen LogP contribution >= 0.6 is 0 Å². The molecule has 0 aliphatic heterocycles. The minimum Gasteiger partial charge on any atom is -0.508 e. The molecular formula is C14H16O3. The number of hydrogen-bond donors (Lipinski definition) is 2. The molecule has 0 amide bonds. The van der Waals surface area contributed by atoms with Crippen LogP contribution in [-0.4, -0.2) is 16.2 Å². The molecule has 17 heavy (non-hydrogen) atoms. The molecule has 90 valence electrons. The van der Waals surface area contributed by atoms with Crippen molar-refractivity contribution in [2.24, 2.45) is 5.41 Å². The van der Waals surface area contributed by atoms with Crippen molar-refractivity contribution in [3.8, 4) is 5.75 Å². The summed E-state index contributed by atoms with van der Waals surface area (Å²) in [5.74, 6) is -0.473. The number of phenolic OH excluding ortho intramolecular Hbond substituents is 1. The summed E-state index contributed by atoms with van der Waals surface area (Å²) in [7, 11) is 0. The molecule has 3 nitrogen and oxygen atoms in total. The number of phenols is 1. The molecule has 2 rings (SSSR count). The average Bonchev–Trinajstić information content (AvgIpc) is 2.31.